The SMILES string of the molecule is CC(Cc1ccsc1)NCC(C)(C)C#N. The van der Waals surface area contributed by atoms with Crippen LogP contribution in [0.1, 0.15) is 26.3 Å². The van der Waals surface area contributed by atoms with Gasteiger partial charge in [-0.1, -0.05) is 0 Å². The van der Waals surface area contributed by atoms with Crippen LogP contribution in [0.25, 0.3) is 0 Å². The van der Waals surface area contributed by atoms with E-state index in [1.54, 1.807) is 11.3 Å². The van der Waals surface area contributed by atoms with Gasteiger partial charge in [-0.3, -0.25) is 0 Å². The van der Waals surface area contributed by atoms with Crippen molar-refractivity contribution >= 4 is 11.3 Å². The molecular formula is C12H18N2S. The molecule has 1 rings (SSSR count). The zero-order valence-corrected chi connectivity index (χ0v) is 10.4. The molecule has 0 aliphatic heterocycles. The lowest BCUT2D eigenvalue weighted by molar-refractivity contribution is 0.409. The largest absolute Gasteiger partial charge is 0.312 e. The van der Waals surface area contributed by atoms with Gasteiger partial charge in [0.2, 0.25) is 0 Å². The molecule has 1 heterocycles. The van der Waals surface area contributed by atoms with Crippen LogP contribution >= 0.6 is 11.3 Å². The Kier molecular flexibility index (Phi) is 4.31. The first kappa shape index (κ1) is 12.2. The maximum atomic E-state index is 8.88. The van der Waals surface area contributed by atoms with Crippen LogP contribution in [0.15, 0.2) is 16.8 Å². The fraction of sp³-hybridized carbons (Fsp3) is 0.583. The molecule has 1 N–H and O–H groups in total. The maximum Gasteiger partial charge on any atom is 0.0697 e. The summed E-state index contributed by atoms with van der Waals surface area (Å²) in [5.41, 5.74) is 1.10. The highest BCUT2D eigenvalue weighted by Crippen LogP contribution is 2.12. The van der Waals surface area contributed by atoms with E-state index in [4.69, 9.17) is 5.26 Å². The van der Waals surface area contributed by atoms with Gasteiger partial charge < -0.3 is 5.32 Å². The Morgan fingerprint density at radius 1 is 1.60 bits per heavy atom. The van der Waals surface area contributed by atoms with Crippen molar-refractivity contribution in [3.8, 4) is 6.07 Å². The molecule has 0 amide bonds. The van der Waals surface area contributed by atoms with E-state index in [1.807, 2.05) is 13.8 Å². The van der Waals surface area contributed by atoms with Gasteiger partial charge in [-0.25, -0.2) is 0 Å². The van der Waals surface area contributed by atoms with Gasteiger partial charge in [-0.2, -0.15) is 16.6 Å². The van der Waals surface area contributed by atoms with E-state index in [9.17, 15) is 0 Å². The monoisotopic (exact) mass is 222 g/mol. The molecule has 0 aliphatic rings. The molecule has 0 spiro atoms. The summed E-state index contributed by atoms with van der Waals surface area (Å²) in [6.45, 7) is 6.81. The number of thiophene rings is 1. The molecule has 1 unspecified atom stereocenters. The second-order valence-electron chi connectivity index (χ2n) is 4.61. The molecule has 0 aliphatic carbocycles. The van der Waals surface area contributed by atoms with Gasteiger partial charge in [0.15, 0.2) is 0 Å². The minimum atomic E-state index is -0.275. The van der Waals surface area contributed by atoms with Crippen LogP contribution in [-0.4, -0.2) is 12.6 Å². The lowest BCUT2D eigenvalue weighted by atomic mass is 9.95. The third kappa shape index (κ3) is 4.46. The van der Waals surface area contributed by atoms with E-state index >= 15 is 0 Å². The van der Waals surface area contributed by atoms with Crippen molar-refractivity contribution < 1.29 is 0 Å². The average Bonchev–Trinajstić information content (AvgIpc) is 2.68. The standard InChI is InChI=1S/C12H18N2S/c1-10(6-11-4-5-15-7-11)14-9-12(2,3)8-13/h4-5,7,10,14H,6,9H2,1-3H3. The van der Waals surface area contributed by atoms with Crippen molar-refractivity contribution in [3.63, 3.8) is 0 Å². The Bertz CT molecular complexity index is 322. The van der Waals surface area contributed by atoms with Crippen LogP contribution in [-0.2, 0) is 6.42 Å². The number of rotatable bonds is 5. The Hall–Kier alpha value is -0.850. The van der Waals surface area contributed by atoms with Gasteiger partial charge in [0.05, 0.1) is 11.5 Å². The summed E-state index contributed by atoms with van der Waals surface area (Å²) in [6.07, 6.45) is 1.03. The third-order valence-corrected chi connectivity index (χ3v) is 3.05. The number of hydrogen-bond acceptors (Lipinski definition) is 3. The van der Waals surface area contributed by atoms with Gasteiger partial charge in [-0.15, -0.1) is 0 Å². The molecule has 1 aromatic rings. The zero-order valence-electron chi connectivity index (χ0n) is 9.58. The van der Waals surface area contributed by atoms with Crippen LogP contribution in [0.2, 0.25) is 0 Å². The second kappa shape index (κ2) is 5.29. The molecule has 3 heteroatoms. The van der Waals surface area contributed by atoms with E-state index in [2.05, 4.69) is 35.1 Å². The molecule has 0 bridgehead atoms. The second-order valence-corrected chi connectivity index (χ2v) is 5.39. The first-order chi connectivity index (χ1) is 7.03. The fourth-order valence-electron chi connectivity index (χ4n) is 1.30. The topological polar surface area (TPSA) is 35.8 Å². The predicted molar refractivity (Wildman–Crippen MR) is 64.9 cm³/mol. The normalized spacial score (nSPS) is 13.5. The molecule has 2 nitrogen and oxygen atoms in total. The van der Waals surface area contributed by atoms with Crippen LogP contribution in [0, 0.1) is 16.7 Å². The average molecular weight is 222 g/mol. The van der Waals surface area contributed by atoms with Crippen molar-refractivity contribution in [2.24, 2.45) is 5.41 Å². The van der Waals surface area contributed by atoms with E-state index in [-0.39, 0.29) is 5.41 Å². The zero-order chi connectivity index (χ0) is 11.3. The molecule has 0 saturated heterocycles. The van der Waals surface area contributed by atoms with Crippen molar-refractivity contribution in [1.29, 1.82) is 5.26 Å². The van der Waals surface area contributed by atoms with Crippen molar-refractivity contribution in [2.45, 2.75) is 33.2 Å². The molecule has 15 heavy (non-hydrogen) atoms. The first-order valence-electron chi connectivity index (χ1n) is 5.19. The van der Waals surface area contributed by atoms with Crippen LogP contribution in [0.4, 0.5) is 0 Å². The minimum absolute atomic E-state index is 0.275. The highest BCUT2D eigenvalue weighted by atomic mass is 32.1. The summed E-state index contributed by atoms with van der Waals surface area (Å²) in [5.74, 6) is 0. The summed E-state index contributed by atoms with van der Waals surface area (Å²) in [7, 11) is 0. The van der Waals surface area contributed by atoms with E-state index < -0.39 is 0 Å². The highest BCUT2D eigenvalue weighted by molar-refractivity contribution is 7.07. The van der Waals surface area contributed by atoms with Crippen LogP contribution < -0.4 is 5.32 Å². The Morgan fingerprint density at radius 2 is 2.33 bits per heavy atom. The molecule has 1 atom stereocenters. The van der Waals surface area contributed by atoms with Gasteiger partial charge in [-0.05, 0) is 49.6 Å². The summed E-state index contributed by atoms with van der Waals surface area (Å²) >= 11 is 1.73. The quantitative estimate of drug-likeness (QED) is 0.831. The van der Waals surface area contributed by atoms with Gasteiger partial charge in [0, 0.05) is 12.6 Å². The van der Waals surface area contributed by atoms with E-state index in [1.165, 1.54) is 5.56 Å². The van der Waals surface area contributed by atoms with Crippen molar-refractivity contribution in [1.82, 2.24) is 5.32 Å². The lowest BCUT2D eigenvalue weighted by Crippen LogP contribution is -2.35. The smallest absolute Gasteiger partial charge is 0.0697 e. The molecule has 0 radical (unpaired) electrons. The Morgan fingerprint density at radius 3 is 2.87 bits per heavy atom. The van der Waals surface area contributed by atoms with E-state index in [0.717, 1.165) is 13.0 Å². The summed E-state index contributed by atoms with van der Waals surface area (Å²) in [5, 5.41) is 16.5. The fourth-order valence-corrected chi connectivity index (χ4v) is 1.98. The Labute approximate surface area is 95.9 Å². The molecule has 0 saturated carbocycles. The van der Waals surface area contributed by atoms with Gasteiger partial charge in [0.1, 0.15) is 0 Å². The number of nitrogens with one attached hydrogen (secondary N) is 1. The van der Waals surface area contributed by atoms with Crippen molar-refractivity contribution in [3.05, 3.63) is 22.4 Å². The lowest BCUT2D eigenvalue weighted by Gasteiger charge is -2.20. The number of hydrogen-bond donors (Lipinski definition) is 1. The number of nitrogens with zero attached hydrogens (tertiary/aromatic N) is 1. The molecule has 1 aromatic heterocycles. The maximum absolute atomic E-state index is 8.88. The summed E-state index contributed by atoms with van der Waals surface area (Å²) in [6, 6.07) is 4.87. The molecule has 82 valence electrons. The van der Waals surface area contributed by atoms with Crippen LogP contribution in [0.3, 0.4) is 0 Å². The summed E-state index contributed by atoms with van der Waals surface area (Å²) in [4.78, 5) is 0. The highest BCUT2D eigenvalue weighted by Gasteiger charge is 2.17. The van der Waals surface area contributed by atoms with E-state index in [0.29, 0.717) is 6.04 Å². The third-order valence-electron chi connectivity index (χ3n) is 2.32. The van der Waals surface area contributed by atoms with Gasteiger partial charge >= 0.3 is 0 Å². The molecular weight excluding hydrogens is 204 g/mol. The summed E-state index contributed by atoms with van der Waals surface area (Å²) < 4.78 is 0. The minimum Gasteiger partial charge on any atom is -0.312 e. The van der Waals surface area contributed by atoms with Gasteiger partial charge in [0.25, 0.3) is 0 Å². The Balaban J connectivity index is 2.32. The predicted octanol–water partition coefficient (Wildman–Crippen LogP) is 2.82. The molecule has 0 aromatic carbocycles. The number of nitriles is 1. The molecule has 0 fully saturated rings. The van der Waals surface area contributed by atoms with Crippen LogP contribution in [0.5, 0.6) is 0 Å². The first-order valence-corrected chi connectivity index (χ1v) is 6.13. The van der Waals surface area contributed by atoms with Crippen molar-refractivity contribution in [2.75, 3.05) is 6.54 Å².